The van der Waals surface area contributed by atoms with Crippen molar-refractivity contribution >= 4 is 5.97 Å². The molecule has 0 radical (unpaired) electrons. The van der Waals surface area contributed by atoms with Crippen molar-refractivity contribution in [3.63, 3.8) is 0 Å². The second kappa shape index (κ2) is 6.45. The maximum absolute atomic E-state index is 11.9. The van der Waals surface area contributed by atoms with E-state index in [9.17, 15) is 9.90 Å². The first-order valence-corrected chi connectivity index (χ1v) is 6.43. The van der Waals surface area contributed by atoms with Crippen molar-refractivity contribution < 1.29 is 19.4 Å². The lowest BCUT2D eigenvalue weighted by atomic mass is 9.89. The van der Waals surface area contributed by atoms with Crippen molar-refractivity contribution in [2.45, 2.75) is 33.6 Å². The van der Waals surface area contributed by atoms with E-state index in [1.807, 2.05) is 0 Å². The number of phenols is 1. The summed E-state index contributed by atoms with van der Waals surface area (Å²) in [4.78, 5) is 11.9. The van der Waals surface area contributed by atoms with Crippen molar-refractivity contribution in [3.05, 3.63) is 23.8 Å². The van der Waals surface area contributed by atoms with E-state index >= 15 is 0 Å². The van der Waals surface area contributed by atoms with Crippen LogP contribution in [0.15, 0.2) is 18.2 Å². The fourth-order valence-corrected chi connectivity index (χ4v) is 1.91. The van der Waals surface area contributed by atoms with Crippen LogP contribution in [-0.2, 0) is 4.74 Å². The molecule has 4 heteroatoms. The molecule has 19 heavy (non-hydrogen) atoms. The van der Waals surface area contributed by atoms with Gasteiger partial charge in [-0.25, -0.2) is 4.79 Å². The van der Waals surface area contributed by atoms with Gasteiger partial charge in [-0.05, 0) is 24.0 Å². The van der Waals surface area contributed by atoms with Gasteiger partial charge in [-0.3, -0.25) is 0 Å². The Hall–Kier alpha value is -1.71. The van der Waals surface area contributed by atoms with Crippen molar-refractivity contribution in [2.24, 2.45) is 5.41 Å². The van der Waals surface area contributed by atoms with E-state index in [0.717, 1.165) is 12.8 Å². The first kappa shape index (κ1) is 15.3. The van der Waals surface area contributed by atoms with Gasteiger partial charge >= 0.3 is 5.97 Å². The summed E-state index contributed by atoms with van der Waals surface area (Å²) in [7, 11) is 1.48. The zero-order chi connectivity index (χ0) is 14.5. The van der Waals surface area contributed by atoms with Crippen LogP contribution in [0.5, 0.6) is 11.5 Å². The fraction of sp³-hybridized carbons (Fsp3) is 0.533. The molecule has 0 aromatic heterocycles. The molecule has 0 amide bonds. The Morgan fingerprint density at radius 1 is 1.32 bits per heavy atom. The lowest BCUT2D eigenvalue weighted by molar-refractivity contribution is 0.0325. The maximum atomic E-state index is 11.9. The number of carbonyl (C=O) groups is 1. The molecule has 0 fully saturated rings. The van der Waals surface area contributed by atoms with Crippen LogP contribution in [0.3, 0.4) is 0 Å². The van der Waals surface area contributed by atoms with E-state index in [1.165, 1.54) is 19.2 Å². The van der Waals surface area contributed by atoms with E-state index in [2.05, 4.69) is 20.8 Å². The summed E-state index contributed by atoms with van der Waals surface area (Å²) in [6, 6.07) is 4.37. The van der Waals surface area contributed by atoms with E-state index in [4.69, 9.17) is 9.47 Å². The highest BCUT2D eigenvalue weighted by Crippen LogP contribution is 2.25. The third-order valence-corrected chi connectivity index (χ3v) is 2.88. The van der Waals surface area contributed by atoms with Gasteiger partial charge in [0, 0.05) is 6.07 Å². The number of methoxy groups -OCH3 is 1. The van der Waals surface area contributed by atoms with E-state index < -0.39 is 5.97 Å². The molecule has 0 saturated heterocycles. The third kappa shape index (κ3) is 4.81. The van der Waals surface area contributed by atoms with Crippen LogP contribution in [0, 0.1) is 5.41 Å². The molecular weight excluding hydrogens is 244 g/mol. The SMILES string of the molecule is CCCC(C)(C)COC(=O)c1cc(O)cc(OC)c1. The molecule has 0 atom stereocenters. The normalized spacial score (nSPS) is 11.2. The maximum Gasteiger partial charge on any atom is 0.338 e. The number of esters is 1. The standard InChI is InChI=1S/C15H22O4/c1-5-6-15(2,3)10-19-14(17)11-7-12(16)9-13(8-11)18-4/h7-9,16H,5-6,10H2,1-4H3. The molecule has 0 aliphatic carbocycles. The second-order valence-electron chi connectivity index (χ2n) is 5.41. The molecule has 1 aromatic carbocycles. The van der Waals surface area contributed by atoms with Gasteiger partial charge < -0.3 is 14.6 Å². The van der Waals surface area contributed by atoms with Crippen LogP contribution < -0.4 is 4.74 Å². The van der Waals surface area contributed by atoms with Gasteiger partial charge in [0.25, 0.3) is 0 Å². The van der Waals surface area contributed by atoms with Gasteiger partial charge in [-0.15, -0.1) is 0 Å². The number of carbonyl (C=O) groups excluding carboxylic acids is 1. The lowest BCUT2D eigenvalue weighted by Gasteiger charge is -2.23. The Balaban J connectivity index is 2.71. The van der Waals surface area contributed by atoms with Gasteiger partial charge in [0.2, 0.25) is 0 Å². The Labute approximate surface area is 114 Å². The highest BCUT2D eigenvalue weighted by molar-refractivity contribution is 5.90. The number of benzene rings is 1. The van der Waals surface area contributed by atoms with Crippen LogP contribution in [0.25, 0.3) is 0 Å². The summed E-state index contributed by atoms with van der Waals surface area (Å²) in [6.07, 6.45) is 2.04. The summed E-state index contributed by atoms with van der Waals surface area (Å²) >= 11 is 0. The second-order valence-corrected chi connectivity index (χ2v) is 5.41. The summed E-state index contributed by atoms with van der Waals surface area (Å²) in [5.74, 6) is -0.0303. The molecule has 0 aliphatic heterocycles. The largest absolute Gasteiger partial charge is 0.508 e. The van der Waals surface area contributed by atoms with Gasteiger partial charge in [-0.2, -0.15) is 0 Å². The van der Waals surface area contributed by atoms with Gasteiger partial charge in [0.05, 0.1) is 19.3 Å². The van der Waals surface area contributed by atoms with E-state index in [-0.39, 0.29) is 11.2 Å². The monoisotopic (exact) mass is 266 g/mol. The van der Waals surface area contributed by atoms with Crippen LogP contribution in [0.4, 0.5) is 0 Å². The Kier molecular flexibility index (Phi) is 5.21. The van der Waals surface area contributed by atoms with Crippen LogP contribution in [0.2, 0.25) is 0 Å². The van der Waals surface area contributed by atoms with Gasteiger partial charge in [0.1, 0.15) is 11.5 Å². The minimum Gasteiger partial charge on any atom is -0.508 e. The average molecular weight is 266 g/mol. The predicted octanol–water partition coefficient (Wildman–Crippen LogP) is 3.38. The first-order chi connectivity index (χ1) is 8.88. The Bertz CT molecular complexity index is 438. The van der Waals surface area contributed by atoms with Crippen molar-refractivity contribution in [1.29, 1.82) is 0 Å². The van der Waals surface area contributed by atoms with Crippen molar-refractivity contribution in [1.82, 2.24) is 0 Å². The number of aromatic hydroxyl groups is 1. The van der Waals surface area contributed by atoms with Crippen LogP contribution in [-0.4, -0.2) is 24.8 Å². The molecule has 0 aliphatic rings. The zero-order valence-corrected chi connectivity index (χ0v) is 12.0. The minimum atomic E-state index is -0.446. The van der Waals surface area contributed by atoms with Crippen LogP contribution in [0.1, 0.15) is 44.0 Å². The fourth-order valence-electron chi connectivity index (χ4n) is 1.91. The molecule has 0 bridgehead atoms. The summed E-state index contributed by atoms with van der Waals surface area (Å²) in [5, 5.41) is 9.50. The molecule has 0 saturated carbocycles. The molecule has 0 spiro atoms. The molecule has 1 rings (SSSR count). The summed E-state index contributed by atoms with van der Waals surface area (Å²) < 4.78 is 10.3. The molecule has 4 nitrogen and oxygen atoms in total. The number of ether oxygens (including phenoxy) is 2. The third-order valence-electron chi connectivity index (χ3n) is 2.88. The van der Waals surface area contributed by atoms with E-state index in [1.54, 1.807) is 6.07 Å². The van der Waals surface area contributed by atoms with Crippen molar-refractivity contribution in [2.75, 3.05) is 13.7 Å². The van der Waals surface area contributed by atoms with Gasteiger partial charge in [0.15, 0.2) is 0 Å². The molecule has 1 aromatic rings. The number of hydrogen-bond acceptors (Lipinski definition) is 4. The first-order valence-electron chi connectivity index (χ1n) is 6.43. The number of phenolic OH excluding ortho intramolecular Hbond substituents is 1. The molecule has 1 N–H and O–H groups in total. The van der Waals surface area contributed by atoms with Crippen LogP contribution >= 0.6 is 0 Å². The smallest absolute Gasteiger partial charge is 0.338 e. The predicted molar refractivity (Wildman–Crippen MR) is 73.6 cm³/mol. The molecular formula is C15H22O4. The average Bonchev–Trinajstić information content (AvgIpc) is 2.35. The topological polar surface area (TPSA) is 55.8 Å². The minimum absolute atomic E-state index is 0.0147. The highest BCUT2D eigenvalue weighted by atomic mass is 16.5. The zero-order valence-electron chi connectivity index (χ0n) is 12.0. The van der Waals surface area contributed by atoms with Gasteiger partial charge in [-0.1, -0.05) is 27.2 Å². The summed E-state index contributed by atoms with van der Waals surface area (Å²) in [5.41, 5.74) is 0.259. The molecule has 0 heterocycles. The highest BCUT2D eigenvalue weighted by Gasteiger charge is 2.20. The Morgan fingerprint density at radius 3 is 2.58 bits per heavy atom. The summed E-state index contributed by atoms with van der Waals surface area (Å²) in [6.45, 7) is 6.58. The Morgan fingerprint density at radius 2 is 2.00 bits per heavy atom. The van der Waals surface area contributed by atoms with Crippen molar-refractivity contribution in [3.8, 4) is 11.5 Å². The number of hydrogen-bond donors (Lipinski definition) is 1. The molecule has 0 unspecified atom stereocenters. The lowest BCUT2D eigenvalue weighted by Crippen LogP contribution is -2.21. The number of rotatable bonds is 6. The quantitative estimate of drug-likeness (QED) is 0.802. The van der Waals surface area contributed by atoms with E-state index in [0.29, 0.717) is 17.9 Å². The molecule has 106 valence electrons.